The van der Waals surface area contributed by atoms with E-state index in [4.69, 9.17) is 0 Å². The normalized spacial score (nSPS) is 12.2. The molecule has 0 aliphatic heterocycles. The Bertz CT molecular complexity index is 940. The SMILES string of the molecule is Cc1ccc2nc(C)c(C(=O)NCC(O)c3ccccc3F)cc2c1. The maximum Gasteiger partial charge on any atom is 0.253 e. The van der Waals surface area contributed by atoms with Gasteiger partial charge in [0.05, 0.1) is 22.9 Å². The van der Waals surface area contributed by atoms with Crippen LogP contribution in [0.15, 0.2) is 48.5 Å². The number of aliphatic hydroxyl groups is 1. The Morgan fingerprint density at radius 1 is 1.20 bits per heavy atom. The minimum absolute atomic E-state index is 0.0783. The number of fused-ring (bicyclic) bond motifs is 1. The van der Waals surface area contributed by atoms with E-state index >= 15 is 0 Å². The van der Waals surface area contributed by atoms with Crippen LogP contribution in [0.5, 0.6) is 0 Å². The number of pyridine rings is 1. The van der Waals surface area contributed by atoms with Gasteiger partial charge in [0.1, 0.15) is 5.82 Å². The molecule has 1 aromatic heterocycles. The van der Waals surface area contributed by atoms with E-state index in [2.05, 4.69) is 10.3 Å². The van der Waals surface area contributed by atoms with E-state index in [1.54, 1.807) is 25.1 Å². The number of benzene rings is 2. The second-order valence-electron chi connectivity index (χ2n) is 6.06. The van der Waals surface area contributed by atoms with Gasteiger partial charge in [-0.25, -0.2) is 4.39 Å². The van der Waals surface area contributed by atoms with Gasteiger partial charge in [0, 0.05) is 17.5 Å². The third-order valence-corrected chi connectivity index (χ3v) is 4.13. The van der Waals surface area contributed by atoms with E-state index in [0.29, 0.717) is 11.3 Å². The standard InChI is InChI=1S/C20H19FN2O2/c1-12-7-8-18-14(9-12)10-16(13(2)23-18)20(25)22-11-19(24)15-5-3-4-6-17(15)21/h3-10,19,24H,11H2,1-2H3,(H,22,25). The van der Waals surface area contributed by atoms with Crippen LogP contribution in [0.25, 0.3) is 10.9 Å². The summed E-state index contributed by atoms with van der Waals surface area (Å²) in [6.45, 7) is 3.66. The second-order valence-corrected chi connectivity index (χ2v) is 6.06. The summed E-state index contributed by atoms with van der Waals surface area (Å²) in [6, 6.07) is 13.6. The third-order valence-electron chi connectivity index (χ3n) is 4.13. The fraction of sp³-hybridized carbons (Fsp3) is 0.200. The fourth-order valence-electron chi connectivity index (χ4n) is 2.76. The number of aromatic nitrogens is 1. The molecule has 0 aliphatic rings. The molecule has 1 amide bonds. The van der Waals surface area contributed by atoms with Gasteiger partial charge in [-0.05, 0) is 38.1 Å². The first kappa shape index (κ1) is 17.0. The summed E-state index contributed by atoms with van der Waals surface area (Å²) >= 11 is 0. The smallest absolute Gasteiger partial charge is 0.253 e. The van der Waals surface area contributed by atoms with E-state index in [9.17, 15) is 14.3 Å². The number of rotatable bonds is 4. The third kappa shape index (κ3) is 3.67. The molecular weight excluding hydrogens is 319 g/mol. The summed E-state index contributed by atoms with van der Waals surface area (Å²) in [4.78, 5) is 16.9. The summed E-state index contributed by atoms with van der Waals surface area (Å²) in [7, 11) is 0. The van der Waals surface area contributed by atoms with Gasteiger partial charge in [0.15, 0.2) is 0 Å². The molecule has 0 saturated carbocycles. The van der Waals surface area contributed by atoms with Crippen LogP contribution in [0.4, 0.5) is 4.39 Å². The number of aryl methyl sites for hydroxylation is 2. The minimum atomic E-state index is -1.11. The van der Waals surface area contributed by atoms with E-state index in [0.717, 1.165) is 16.5 Å². The van der Waals surface area contributed by atoms with Crippen molar-refractivity contribution in [3.63, 3.8) is 0 Å². The average Bonchev–Trinajstić information content (AvgIpc) is 2.59. The maximum atomic E-state index is 13.7. The minimum Gasteiger partial charge on any atom is -0.386 e. The first-order valence-corrected chi connectivity index (χ1v) is 8.04. The molecule has 25 heavy (non-hydrogen) atoms. The van der Waals surface area contributed by atoms with E-state index in [1.165, 1.54) is 12.1 Å². The largest absolute Gasteiger partial charge is 0.386 e. The Kier molecular flexibility index (Phi) is 4.76. The second kappa shape index (κ2) is 6.99. The molecule has 5 heteroatoms. The number of halogens is 1. The van der Waals surface area contributed by atoms with Gasteiger partial charge in [-0.1, -0.05) is 29.8 Å². The number of carbonyl (C=O) groups is 1. The first-order chi connectivity index (χ1) is 12.0. The predicted octanol–water partition coefficient (Wildman–Crippen LogP) is 3.45. The molecule has 0 saturated heterocycles. The molecule has 0 radical (unpaired) electrons. The van der Waals surface area contributed by atoms with Crippen molar-refractivity contribution in [3.8, 4) is 0 Å². The summed E-state index contributed by atoms with van der Waals surface area (Å²) in [5, 5.41) is 13.6. The van der Waals surface area contributed by atoms with Crippen molar-refractivity contribution >= 4 is 16.8 Å². The molecule has 0 aliphatic carbocycles. The lowest BCUT2D eigenvalue weighted by molar-refractivity contribution is 0.0913. The van der Waals surface area contributed by atoms with Crippen LogP contribution in [0.1, 0.15) is 33.3 Å². The van der Waals surface area contributed by atoms with Gasteiger partial charge in [-0.15, -0.1) is 0 Å². The lowest BCUT2D eigenvalue weighted by atomic mass is 10.1. The average molecular weight is 338 g/mol. The van der Waals surface area contributed by atoms with Crippen LogP contribution in [0.2, 0.25) is 0 Å². The summed E-state index contributed by atoms with van der Waals surface area (Å²) in [5.74, 6) is -0.841. The molecule has 128 valence electrons. The number of nitrogens with zero attached hydrogens (tertiary/aromatic N) is 1. The number of nitrogens with one attached hydrogen (secondary N) is 1. The molecular formula is C20H19FN2O2. The van der Waals surface area contributed by atoms with Crippen molar-refractivity contribution in [1.82, 2.24) is 10.3 Å². The molecule has 0 spiro atoms. The fourth-order valence-corrected chi connectivity index (χ4v) is 2.76. The van der Waals surface area contributed by atoms with Crippen molar-refractivity contribution in [2.45, 2.75) is 20.0 Å². The Balaban J connectivity index is 1.78. The molecule has 0 bridgehead atoms. The van der Waals surface area contributed by atoms with Crippen LogP contribution < -0.4 is 5.32 Å². The van der Waals surface area contributed by atoms with Gasteiger partial charge in [-0.2, -0.15) is 0 Å². The first-order valence-electron chi connectivity index (χ1n) is 8.04. The van der Waals surface area contributed by atoms with Gasteiger partial charge >= 0.3 is 0 Å². The van der Waals surface area contributed by atoms with Crippen LogP contribution in [-0.4, -0.2) is 22.5 Å². The van der Waals surface area contributed by atoms with E-state index in [1.807, 2.05) is 25.1 Å². The van der Waals surface area contributed by atoms with Crippen LogP contribution in [0, 0.1) is 19.7 Å². The van der Waals surface area contributed by atoms with Gasteiger partial charge < -0.3 is 10.4 Å². The highest BCUT2D eigenvalue weighted by Gasteiger charge is 2.16. The van der Waals surface area contributed by atoms with Crippen molar-refractivity contribution in [2.24, 2.45) is 0 Å². The molecule has 1 heterocycles. The zero-order valence-corrected chi connectivity index (χ0v) is 14.1. The monoisotopic (exact) mass is 338 g/mol. The predicted molar refractivity (Wildman–Crippen MR) is 94.9 cm³/mol. The Hall–Kier alpha value is -2.79. The summed E-state index contributed by atoms with van der Waals surface area (Å²) in [6.07, 6.45) is -1.11. The van der Waals surface area contributed by atoms with Gasteiger partial charge in [0.2, 0.25) is 0 Å². The molecule has 1 unspecified atom stereocenters. The number of hydrogen-bond donors (Lipinski definition) is 2. The highest BCUT2D eigenvalue weighted by molar-refractivity contribution is 5.98. The quantitative estimate of drug-likeness (QED) is 0.766. The zero-order chi connectivity index (χ0) is 18.0. The molecule has 1 atom stereocenters. The number of amides is 1. The van der Waals surface area contributed by atoms with Crippen molar-refractivity contribution < 1.29 is 14.3 Å². The van der Waals surface area contributed by atoms with Crippen LogP contribution >= 0.6 is 0 Å². The molecule has 2 aromatic carbocycles. The molecule has 2 N–H and O–H groups in total. The number of aliphatic hydroxyl groups excluding tert-OH is 1. The van der Waals surface area contributed by atoms with Crippen LogP contribution in [-0.2, 0) is 0 Å². The lowest BCUT2D eigenvalue weighted by Gasteiger charge is -2.14. The maximum absolute atomic E-state index is 13.7. The van der Waals surface area contributed by atoms with Crippen molar-refractivity contribution in [1.29, 1.82) is 0 Å². The summed E-state index contributed by atoms with van der Waals surface area (Å²) in [5.41, 5.74) is 3.12. The Morgan fingerprint density at radius 3 is 2.72 bits per heavy atom. The molecule has 3 rings (SSSR count). The highest BCUT2D eigenvalue weighted by atomic mass is 19.1. The molecule has 0 fully saturated rings. The lowest BCUT2D eigenvalue weighted by Crippen LogP contribution is -2.29. The van der Waals surface area contributed by atoms with Gasteiger partial charge in [-0.3, -0.25) is 9.78 Å². The number of hydrogen-bond acceptors (Lipinski definition) is 3. The van der Waals surface area contributed by atoms with Crippen molar-refractivity contribution in [3.05, 3.63) is 76.7 Å². The molecule has 4 nitrogen and oxygen atoms in total. The van der Waals surface area contributed by atoms with Crippen molar-refractivity contribution in [2.75, 3.05) is 6.54 Å². The zero-order valence-electron chi connectivity index (χ0n) is 14.1. The Labute approximate surface area is 145 Å². The topological polar surface area (TPSA) is 62.2 Å². The Morgan fingerprint density at radius 2 is 1.96 bits per heavy atom. The highest BCUT2D eigenvalue weighted by Crippen LogP contribution is 2.19. The summed E-state index contributed by atoms with van der Waals surface area (Å²) < 4.78 is 13.7. The number of carbonyl (C=O) groups excluding carboxylic acids is 1. The van der Waals surface area contributed by atoms with Crippen LogP contribution in [0.3, 0.4) is 0 Å². The van der Waals surface area contributed by atoms with E-state index in [-0.39, 0.29) is 18.0 Å². The molecule has 3 aromatic rings. The van der Waals surface area contributed by atoms with E-state index < -0.39 is 11.9 Å². The van der Waals surface area contributed by atoms with Gasteiger partial charge in [0.25, 0.3) is 5.91 Å².